The van der Waals surface area contributed by atoms with E-state index in [1.165, 1.54) is 16.7 Å². The number of aryl methyl sites for hydroxylation is 1. The van der Waals surface area contributed by atoms with E-state index in [1.807, 2.05) is 34.6 Å². The zero-order valence-corrected chi connectivity index (χ0v) is 16.2. The molecule has 0 unspecified atom stereocenters. The highest BCUT2D eigenvalue weighted by Gasteiger charge is 2.07. The van der Waals surface area contributed by atoms with E-state index in [0.717, 1.165) is 23.4 Å². The minimum Gasteiger partial charge on any atom is -0.258 e. The lowest BCUT2D eigenvalue weighted by molar-refractivity contribution is 1.20. The summed E-state index contributed by atoms with van der Waals surface area (Å²) < 4.78 is 0. The molecule has 1 rings (SSSR count). The Labute approximate surface area is 138 Å². The fraction of sp³-hybridized carbons (Fsp3) is 0.476. The molecule has 0 aromatic heterocycles. The van der Waals surface area contributed by atoms with Crippen molar-refractivity contribution in [1.29, 1.82) is 0 Å². The van der Waals surface area contributed by atoms with Gasteiger partial charge in [-0.3, -0.25) is 4.99 Å². The van der Waals surface area contributed by atoms with Crippen molar-refractivity contribution in [3.63, 3.8) is 0 Å². The van der Waals surface area contributed by atoms with Gasteiger partial charge in [-0.2, -0.15) is 0 Å². The quantitative estimate of drug-likeness (QED) is 0.411. The second-order valence-electron chi connectivity index (χ2n) is 4.77. The van der Waals surface area contributed by atoms with Crippen molar-refractivity contribution in [2.75, 3.05) is 0 Å². The van der Waals surface area contributed by atoms with Crippen LogP contribution in [0.25, 0.3) is 5.57 Å². The molecule has 0 saturated carbocycles. The number of allylic oxidation sites excluding steroid dienone is 2. The van der Waals surface area contributed by atoms with Crippen LogP contribution in [-0.2, 0) is 0 Å². The zero-order valence-electron chi connectivity index (χ0n) is 16.2. The Hall–Kier alpha value is -1.63. The highest BCUT2D eigenvalue weighted by atomic mass is 14.8. The van der Waals surface area contributed by atoms with Gasteiger partial charge in [-0.1, -0.05) is 65.5 Å². The Kier molecular flexibility index (Phi) is 13.4. The molecule has 0 aliphatic rings. The van der Waals surface area contributed by atoms with Crippen molar-refractivity contribution >= 4 is 11.3 Å². The molecule has 1 aromatic carbocycles. The second-order valence-corrected chi connectivity index (χ2v) is 4.77. The van der Waals surface area contributed by atoms with E-state index in [2.05, 4.69) is 58.5 Å². The molecule has 0 aliphatic heterocycles. The lowest BCUT2D eigenvalue weighted by atomic mass is 9.98. The van der Waals surface area contributed by atoms with Gasteiger partial charge < -0.3 is 0 Å². The van der Waals surface area contributed by atoms with Crippen LogP contribution < -0.4 is 0 Å². The first kappa shape index (κ1) is 22.6. The van der Waals surface area contributed by atoms with Gasteiger partial charge in [-0.15, -0.1) is 0 Å². The van der Waals surface area contributed by atoms with Gasteiger partial charge in [0.05, 0.1) is 5.70 Å². The third-order valence-corrected chi connectivity index (χ3v) is 3.12. The van der Waals surface area contributed by atoms with Crippen LogP contribution >= 0.6 is 0 Å². The van der Waals surface area contributed by atoms with Crippen LogP contribution in [0.2, 0.25) is 0 Å². The highest BCUT2D eigenvalue weighted by Crippen LogP contribution is 2.26. The predicted molar refractivity (Wildman–Crippen MR) is 105 cm³/mol. The molecule has 0 saturated heterocycles. The molecule has 0 fully saturated rings. The molecule has 1 nitrogen and oxygen atoms in total. The molecule has 0 radical (unpaired) electrons. The summed E-state index contributed by atoms with van der Waals surface area (Å²) in [6.07, 6.45) is 0.970. The fourth-order valence-corrected chi connectivity index (χ4v) is 1.89. The van der Waals surface area contributed by atoms with E-state index < -0.39 is 0 Å². The maximum Gasteiger partial charge on any atom is 0.0687 e. The molecule has 124 valence electrons. The van der Waals surface area contributed by atoms with Gasteiger partial charge >= 0.3 is 0 Å². The molecule has 0 spiro atoms. The van der Waals surface area contributed by atoms with Crippen LogP contribution in [0.4, 0.5) is 0 Å². The number of rotatable bonds is 4. The summed E-state index contributed by atoms with van der Waals surface area (Å²) >= 11 is 0. The Morgan fingerprint density at radius 2 is 1.50 bits per heavy atom. The van der Waals surface area contributed by atoms with Crippen LogP contribution in [0.3, 0.4) is 0 Å². The lowest BCUT2D eigenvalue weighted by Crippen LogP contribution is -1.95. The number of hydrogen-bond acceptors (Lipinski definition) is 1. The van der Waals surface area contributed by atoms with Gasteiger partial charge in [0, 0.05) is 5.71 Å². The molecule has 0 heterocycles. The Morgan fingerprint density at radius 3 is 1.91 bits per heavy atom. The molecule has 0 N–H and O–H groups in total. The maximum atomic E-state index is 4.71. The van der Waals surface area contributed by atoms with Gasteiger partial charge in [0.25, 0.3) is 0 Å². The number of nitrogens with zero attached hydrogens (tertiary/aromatic N) is 1. The molecular weight excluding hydrogens is 266 g/mol. The molecular formula is C21H35N. The van der Waals surface area contributed by atoms with Crippen LogP contribution in [-0.4, -0.2) is 5.71 Å². The normalized spacial score (nSPS) is 11.4. The molecule has 0 bridgehead atoms. The third-order valence-electron chi connectivity index (χ3n) is 3.12. The van der Waals surface area contributed by atoms with Crippen LogP contribution in [0.15, 0.2) is 47.1 Å². The molecule has 22 heavy (non-hydrogen) atoms. The minimum atomic E-state index is 0.970. The largest absolute Gasteiger partial charge is 0.258 e. The standard InChI is InChI=1S/C17H23N.2C2H6/c1-7-14(5)18-17(12(2)3)15(6)16-11-9-8-10-13(16)4;2*1-2/h8-11H,2,7H2,1,3-6H3;2*1-2H3/b17-15+,18-14?;;. The van der Waals surface area contributed by atoms with Crippen LogP contribution in [0, 0.1) is 6.92 Å². The third kappa shape index (κ3) is 7.40. The monoisotopic (exact) mass is 301 g/mol. The summed E-state index contributed by atoms with van der Waals surface area (Å²) in [7, 11) is 0. The van der Waals surface area contributed by atoms with Gasteiger partial charge in [0.1, 0.15) is 0 Å². The minimum absolute atomic E-state index is 0.970. The molecule has 0 amide bonds. The Bertz CT molecular complexity index is 504. The van der Waals surface area contributed by atoms with Gasteiger partial charge in [-0.05, 0) is 56.4 Å². The first-order chi connectivity index (χ1) is 10.5. The SMILES string of the molecule is C=C(C)/C(N=C(C)CC)=C(/C)c1ccccc1C.CC.CC. The van der Waals surface area contributed by atoms with Crippen molar-refractivity contribution in [2.45, 2.75) is 68.7 Å². The molecule has 1 aromatic rings. The maximum absolute atomic E-state index is 4.71. The van der Waals surface area contributed by atoms with Gasteiger partial charge in [-0.25, -0.2) is 0 Å². The van der Waals surface area contributed by atoms with Crippen molar-refractivity contribution in [3.05, 3.63) is 53.2 Å². The Balaban J connectivity index is 0. The molecule has 0 atom stereocenters. The van der Waals surface area contributed by atoms with E-state index in [-0.39, 0.29) is 0 Å². The second kappa shape index (κ2) is 13.1. The van der Waals surface area contributed by atoms with Gasteiger partial charge in [0.15, 0.2) is 0 Å². The predicted octanol–water partition coefficient (Wildman–Crippen LogP) is 7.23. The lowest BCUT2D eigenvalue weighted by Gasteiger charge is -2.11. The van der Waals surface area contributed by atoms with Crippen molar-refractivity contribution in [3.8, 4) is 0 Å². The number of benzene rings is 1. The van der Waals surface area contributed by atoms with E-state index >= 15 is 0 Å². The van der Waals surface area contributed by atoms with Crippen molar-refractivity contribution in [1.82, 2.24) is 0 Å². The highest BCUT2D eigenvalue weighted by molar-refractivity contribution is 5.85. The average molecular weight is 302 g/mol. The number of hydrogen-bond donors (Lipinski definition) is 0. The number of aliphatic imine (C=N–C) groups is 1. The summed E-state index contributed by atoms with van der Waals surface area (Å²) in [4.78, 5) is 4.71. The van der Waals surface area contributed by atoms with E-state index in [9.17, 15) is 0 Å². The molecule has 0 aliphatic carbocycles. The van der Waals surface area contributed by atoms with Crippen LogP contribution in [0.5, 0.6) is 0 Å². The summed E-state index contributed by atoms with van der Waals surface area (Å²) in [5.74, 6) is 0. The fourth-order valence-electron chi connectivity index (χ4n) is 1.89. The van der Waals surface area contributed by atoms with E-state index in [4.69, 9.17) is 4.99 Å². The average Bonchev–Trinajstić information content (AvgIpc) is 2.55. The Morgan fingerprint density at radius 1 is 1.00 bits per heavy atom. The summed E-state index contributed by atoms with van der Waals surface area (Å²) in [6.45, 7) is 22.5. The first-order valence-corrected chi connectivity index (χ1v) is 8.44. The van der Waals surface area contributed by atoms with Crippen molar-refractivity contribution < 1.29 is 0 Å². The zero-order chi connectivity index (χ0) is 17.7. The summed E-state index contributed by atoms with van der Waals surface area (Å²) in [6, 6.07) is 8.40. The van der Waals surface area contributed by atoms with Crippen LogP contribution in [0.1, 0.15) is 72.9 Å². The smallest absolute Gasteiger partial charge is 0.0687 e. The first-order valence-electron chi connectivity index (χ1n) is 8.44. The van der Waals surface area contributed by atoms with E-state index in [0.29, 0.717) is 0 Å². The van der Waals surface area contributed by atoms with Gasteiger partial charge in [0.2, 0.25) is 0 Å². The molecule has 1 heteroatoms. The summed E-state index contributed by atoms with van der Waals surface area (Å²) in [5, 5.41) is 0. The topological polar surface area (TPSA) is 12.4 Å². The van der Waals surface area contributed by atoms with Crippen molar-refractivity contribution in [2.24, 2.45) is 4.99 Å². The summed E-state index contributed by atoms with van der Waals surface area (Å²) in [5.41, 5.74) is 6.91. The van der Waals surface area contributed by atoms with E-state index in [1.54, 1.807) is 0 Å².